The van der Waals surface area contributed by atoms with Crippen molar-refractivity contribution in [1.29, 1.82) is 0 Å². The van der Waals surface area contributed by atoms with Crippen molar-refractivity contribution in [2.75, 3.05) is 33.4 Å². The van der Waals surface area contributed by atoms with Crippen LogP contribution in [0.5, 0.6) is 0 Å². The monoisotopic (exact) mass is 244 g/mol. The molecule has 0 aromatic carbocycles. The molecule has 0 bridgehead atoms. The van der Waals surface area contributed by atoms with E-state index in [-0.39, 0.29) is 11.9 Å². The van der Waals surface area contributed by atoms with Crippen molar-refractivity contribution >= 4 is 12.0 Å². The maximum atomic E-state index is 11.7. The van der Waals surface area contributed by atoms with Crippen LogP contribution in [0.15, 0.2) is 0 Å². The van der Waals surface area contributed by atoms with Crippen LogP contribution in [0.25, 0.3) is 0 Å². The normalized spacial score (nSPS) is 23.8. The third-order valence-electron chi connectivity index (χ3n) is 3.02. The molecule has 6 nitrogen and oxygen atoms in total. The minimum Gasteiger partial charge on any atom is -0.481 e. The molecule has 0 saturated carbocycles. The number of rotatable bonds is 5. The molecule has 6 heteroatoms. The Balaban J connectivity index is 2.32. The number of carbonyl (C=O) groups is 2. The van der Waals surface area contributed by atoms with E-state index in [1.54, 1.807) is 12.0 Å². The van der Waals surface area contributed by atoms with E-state index in [0.717, 1.165) is 6.42 Å². The second-order valence-corrected chi connectivity index (χ2v) is 4.41. The van der Waals surface area contributed by atoms with Gasteiger partial charge in [-0.25, -0.2) is 4.79 Å². The van der Waals surface area contributed by atoms with Crippen molar-refractivity contribution < 1.29 is 19.4 Å². The van der Waals surface area contributed by atoms with Crippen LogP contribution in [0.1, 0.15) is 13.3 Å². The molecule has 2 unspecified atom stereocenters. The van der Waals surface area contributed by atoms with Gasteiger partial charge in [-0.05, 0) is 12.3 Å². The number of aliphatic carboxylic acids is 1. The first kappa shape index (κ1) is 13.8. The highest BCUT2D eigenvalue weighted by molar-refractivity contribution is 5.77. The Morgan fingerprint density at radius 2 is 2.18 bits per heavy atom. The predicted molar refractivity (Wildman–Crippen MR) is 61.8 cm³/mol. The summed E-state index contributed by atoms with van der Waals surface area (Å²) in [7, 11) is 1.61. The number of nitrogens with zero attached hydrogens (tertiary/aromatic N) is 1. The highest BCUT2D eigenvalue weighted by Crippen LogP contribution is 2.22. The Kier molecular flexibility index (Phi) is 5.21. The van der Waals surface area contributed by atoms with Gasteiger partial charge in [0.25, 0.3) is 0 Å². The lowest BCUT2D eigenvalue weighted by molar-refractivity contribution is -0.142. The van der Waals surface area contributed by atoms with E-state index in [1.807, 2.05) is 6.92 Å². The third kappa shape index (κ3) is 3.89. The number of urea groups is 1. The molecule has 0 aliphatic carbocycles. The van der Waals surface area contributed by atoms with E-state index < -0.39 is 11.9 Å². The Labute approximate surface area is 101 Å². The van der Waals surface area contributed by atoms with Gasteiger partial charge >= 0.3 is 12.0 Å². The molecule has 0 spiro atoms. The molecule has 0 aromatic rings. The van der Waals surface area contributed by atoms with Crippen LogP contribution in [0.3, 0.4) is 0 Å². The maximum Gasteiger partial charge on any atom is 0.317 e. The first-order valence-corrected chi connectivity index (χ1v) is 5.80. The number of carbonyl (C=O) groups excluding carboxylic acids is 1. The van der Waals surface area contributed by atoms with Crippen LogP contribution in [0.4, 0.5) is 4.79 Å². The number of amides is 2. The molecule has 1 heterocycles. The second kappa shape index (κ2) is 6.44. The SMILES string of the molecule is COCCCNC(=O)N1CC(C)C(C(=O)O)C1. The van der Waals surface area contributed by atoms with Crippen LogP contribution in [-0.2, 0) is 9.53 Å². The number of carboxylic acids is 1. The maximum absolute atomic E-state index is 11.7. The van der Waals surface area contributed by atoms with Gasteiger partial charge < -0.3 is 20.1 Å². The molecule has 2 amide bonds. The largest absolute Gasteiger partial charge is 0.481 e. The molecule has 2 atom stereocenters. The van der Waals surface area contributed by atoms with Crippen molar-refractivity contribution in [1.82, 2.24) is 10.2 Å². The summed E-state index contributed by atoms with van der Waals surface area (Å²) in [5, 5.41) is 11.7. The highest BCUT2D eigenvalue weighted by atomic mass is 16.5. The number of carboxylic acid groups (broad SMARTS) is 1. The second-order valence-electron chi connectivity index (χ2n) is 4.41. The Morgan fingerprint density at radius 3 is 2.71 bits per heavy atom. The van der Waals surface area contributed by atoms with Gasteiger partial charge in [0.1, 0.15) is 0 Å². The summed E-state index contributed by atoms with van der Waals surface area (Å²) in [5.74, 6) is -1.26. The molecule has 1 saturated heterocycles. The van der Waals surface area contributed by atoms with Crippen LogP contribution < -0.4 is 5.32 Å². The number of methoxy groups -OCH3 is 1. The number of ether oxygens (including phenoxy) is 1. The molecule has 2 N–H and O–H groups in total. The minimum atomic E-state index is -0.827. The standard InChI is InChI=1S/C11H20N2O4/c1-8-6-13(7-9(8)10(14)15)11(16)12-4-3-5-17-2/h8-9H,3-7H2,1-2H3,(H,12,16)(H,14,15). The summed E-state index contributed by atoms with van der Waals surface area (Å²) in [6, 6.07) is -0.184. The summed E-state index contributed by atoms with van der Waals surface area (Å²) in [6.07, 6.45) is 0.758. The van der Waals surface area contributed by atoms with E-state index in [4.69, 9.17) is 9.84 Å². The summed E-state index contributed by atoms with van der Waals surface area (Å²) in [6.45, 7) is 3.82. The zero-order valence-electron chi connectivity index (χ0n) is 10.3. The fourth-order valence-corrected chi connectivity index (χ4v) is 1.98. The zero-order chi connectivity index (χ0) is 12.8. The van der Waals surface area contributed by atoms with Gasteiger partial charge in [-0.3, -0.25) is 4.79 Å². The van der Waals surface area contributed by atoms with Gasteiger partial charge in [-0.1, -0.05) is 6.92 Å². The lowest BCUT2D eigenvalue weighted by Crippen LogP contribution is -2.39. The first-order valence-electron chi connectivity index (χ1n) is 5.80. The summed E-state index contributed by atoms with van der Waals surface area (Å²) in [5.41, 5.74) is 0. The molecule has 1 fully saturated rings. The number of hydrogen-bond acceptors (Lipinski definition) is 3. The number of hydrogen-bond donors (Lipinski definition) is 2. The van der Waals surface area contributed by atoms with E-state index in [1.165, 1.54) is 0 Å². The lowest BCUT2D eigenvalue weighted by atomic mass is 9.99. The van der Waals surface area contributed by atoms with Crippen LogP contribution in [0.2, 0.25) is 0 Å². The fraction of sp³-hybridized carbons (Fsp3) is 0.818. The van der Waals surface area contributed by atoms with Gasteiger partial charge in [0, 0.05) is 33.4 Å². The molecule has 0 aromatic heterocycles. The van der Waals surface area contributed by atoms with Crippen molar-refractivity contribution in [3.8, 4) is 0 Å². The van der Waals surface area contributed by atoms with Gasteiger partial charge in [0.05, 0.1) is 5.92 Å². The van der Waals surface area contributed by atoms with Crippen molar-refractivity contribution in [3.05, 3.63) is 0 Å². The molecule has 1 rings (SSSR count). The van der Waals surface area contributed by atoms with Gasteiger partial charge in [-0.15, -0.1) is 0 Å². The molecule has 1 aliphatic rings. The van der Waals surface area contributed by atoms with Crippen molar-refractivity contribution in [2.45, 2.75) is 13.3 Å². The summed E-state index contributed by atoms with van der Waals surface area (Å²) < 4.78 is 4.87. The van der Waals surface area contributed by atoms with Gasteiger partial charge in [-0.2, -0.15) is 0 Å². The Bertz CT molecular complexity index is 283. The van der Waals surface area contributed by atoms with Crippen molar-refractivity contribution in [2.24, 2.45) is 11.8 Å². The van der Waals surface area contributed by atoms with E-state index in [9.17, 15) is 9.59 Å². The Hall–Kier alpha value is -1.30. The first-order chi connectivity index (χ1) is 8.06. The van der Waals surface area contributed by atoms with E-state index in [0.29, 0.717) is 26.2 Å². The van der Waals surface area contributed by atoms with E-state index in [2.05, 4.69) is 5.32 Å². The third-order valence-corrected chi connectivity index (χ3v) is 3.02. The number of nitrogens with one attached hydrogen (secondary N) is 1. The fourth-order valence-electron chi connectivity index (χ4n) is 1.98. The molecular formula is C11H20N2O4. The zero-order valence-corrected chi connectivity index (χ0v) is 10.3. The van der Waals surface area contributed by atoms with Crippen LogP contribution in [-0.4, -0.2) is 55.4 Å². The van der Waals surface area contributed by atoms with Crippen molar-refractivity contribution in [3.63, 3.8) is 0 Å². The topological polar surface area (TPSA) is 78.9 Å². The van der Waals surface area contributed by atoms with Gasteiger partial charge in [0.15, 0.2) is 0 Å². The number of likely N-dealkylation sites (tertiary alicyclic amines) is 1. The highest BCUT2D eigenvalue weighted by Gasteiger charge is 2.36. The van der Waals surface area contributed by atoms with E-state index >= 15 is 0 Å². The summed E-state index contributed by atoms with van der Waals surface area (Å²) in [4.78, 5) is 24.2. The quantitative estimate of drug-likeness (QED) is 0.685. The van der Waals surface area contributed by atoms with Crippen LogP contribution >= 0.6 is 0 Å². The average molecular weight is 244 g/mol. The lowest BCUT2D eigenvalue weighted by Gasteiger charge is -2.16. The minimum absolute atomic E-state index is 0.0113. The molecule has 1 aliphatic heterocycles. The molecular weight excluding hydrogens is 224 g/mol. The smallest absolute Gasteiger partial charge is 0.317 e. The molecule has 0 radical (unpaired) electrons. The van der Waals surface area contributed by atoms with Crippen LogP contribution in [0, 0.1) is 11.8 Å². The van der Waals surface area contributed by atoms with Gasteiger partial charge in [0.2, 0.25) is 0 Å². The Morgan fingerprint density at radius 1 is 1.47 bits per heavy atom. The summed E-state index contributed by atoms with van der Waals surface area (Å²) >= 11 is 0. The molecule has 98 valence electrons. The predicted octanol–water partition coefficient (Wildman–Crippen LogP) is 0.385. The average Bonchev–Trinajstić information content (AvgIpc) is 2.66. The molecule has 17 heavy (non-hydrogen) atoms.